The Morgan fingerprint density at radius 3 is 2.64 bits per heavy atom. The van der Waals surface area contributed by atoms with E-state index in [0.717, 1.165) is 34.0 Å². The van der Waals surface area contributed by atoms with Gasteiger partial charge in [-0.1, -0.05) is 12.1 Å². The molecule has 0 atom stereocenters. The maximum Gasteiger partial charge on any atom is 0.155 e. The minimum atomic E-state index is -0.534. The minimum Gasteiger partial charge on any atom is -0.339 e. The Morgan fingerprint density at radius 2 is 1.82 bits per heavy atom. The summed E-state index contributed by atoms with van der Waals surface area (Å²) in [5.74, 6) is -0.377. The Morgan fingerprint density at radius 1 is 1.00 bits per heavy atom. The van der Waals surface area contributed by atoms with Crippen LogP contribution in [-0.2, 0) is 13.0 Å². The number of pyridine rings is 2. The molecule has 0 radical (unpaired) electrons. The highest BCUT2D eigenvalue weighted by atomic mass is 19.1. The maximum absolute atomic E-state index is 13.8. The number of nitrogens with one attached hydrogen (secondary N) is 2. The van der Waals surface area contributed by atoms with Gasteiger partial charge >= 0.3 is 0 Å². The number of rotatable bonds is 7. The van der Waals surface area contributed by atoms with E-state index in [2.05, 4.69) is 25.4 Å². The molecule has 4 heterocycles. The van der Waals surface area contributed by atoms with Gasteiger partial charge in [0.15, 0.2) is 5.65 Å². The number of H-pyrrole nitrogens is 1. The summed E-state index contributed by atoms with van der Waals surface area (Å²) >= 11 is 0. The van der Waals surface area contributed by atoms with Crippen molar-refractivity contribution in [3.63, 3.8) is 0 Å². The highest BCUT2D eigenvalue weighted by Gasteiger charge is 2.16. The van der Waals surface area contributed by atoms with Gasteiger partial charge in [0.2, 0.25) is 0 Å². The molecule has 0 bridgehead atoms. The molecule has 0 aliphatic carbocycles. The minimum absolute atomic E-state index is 0.0796. The third-order valence-corrected chi connectivity index (χ3v) is 5.35. The second-order valence-corrected chi connectivity index (χ2v) is 7.68. The fourth-order valence-electron chi connectivity index (χ4n) is 3.73. The lowest BCUT2D eigenvalue weighted by Crippen LogP contribution is -2.18. The van der Waals surface area contributed by atoms with Crippen LogP contribution in [0.25, 0.3) is 28.3 Å². The van der Waals surface area contributed by atoms with Gasteiger partial charge in [-0.3, -0.25) is 4.98 Å². The molecule has 0 aliphatic heterocycles. The van der Waals surface area contributed by atoms with Gasteiger partial charge in [0.25, 0.3) is 0 Å². The predicted octanol–water partition coefficient (Wildman–Crippen LogP) is 4.10. The monoisotopic (exact) mass is 445 g/mol. The topological polar surface area (TPSA) is 83.8 Å². The zero-order chi connectivity index (χ0) is 22.8. The molecule has 5 rings (SSSR count). The molecule has 0 aliphatic rings. The lowest BCUT2D eigenvalue weighted by molar-refractivity contribution is 0.545. The van der Waals surface area contributed by atoms with Crippen molar-refractivity contribution in [3.05, 3.63) is 89.8 Å². The molecule has 5 aromatic rings. The Bertz CT molecular complexity index is 1400. The van der Waals surface area contributed by atoms with E-state index in [1.807, 2.05) is 43.5 Å². The number of imidazole rings is 1. The second kappa shape index (κ2) is 8.87. The first-order valence-corrected chi connectivity index (χ1v) is 10.5. The second-order valence-electron chi connectivity index (χ2n) is 7.68. The van der Waals surface area contributed by atoms with Gasteiger partial charge in [-0.05, 0) is 56.3 Å². The van der Waals surface area contributed by atoms with Gasteiger partial charge < -0.3 is 10.3 Å². The molecule has 0 saturated carbocycles. The summed E-state index contributed by atoms with van der Waals surface area (Å²) in [6.07, 6.45) is 3.61. The molecule has 9 heteroatoms. The number of aromatic amines is 1. The molecule has 4 aromatic heterocycles. The molecule has 1 aromatic carbocycles. The van der Waals surface area contributed by atoms with Gasteiger partial charge in [0.1, 0.15) is 23.8 Å². The fourth-order valence-corrected chi connectivity index (χ4v) is 3.73. The molecule has 7 nitrogen and oxygen atoms in total. The molecular weight excluding hydrogens is 424 g/mol. The number of halogens is 2. The van der Waals surface area contributed by atoms with E-state index in [4.69, 9.17) is 4.98 Å². The predicted molar refractivity (Wildman–Crippen MR) is 120 cm³/mol. The number of hydrogen-bond acceptors (Lipinski definition) is 5. The van der Waals surface area contributed by atoms with Gasteiger partial charge in [0.05, 0.1) is 23.6 Å². The van der Waals surface area contributed by atoms with E-state index in [9.17, 15) is 8.78 Å². The standard InChI is InChI=1S/C24H21F2N7/c1-15-4-2-7-20(30-15)24-23(16-8-9-22-28-14-29-33(22)13-16)31-21(32-24)12-27-11-10-17-18(25)5-3-6-19(17)26/h2-9,13-14,27H,10-12H2,1H3,(H,31,32). The smallest absolute Gasteiger partial charge is 0.155 e. The normalized spacial score (nSPS) is 11.4. The van der Waals surface area contributed by atoms with Crippen LogP contribution < -0.4 is 5.32 Å². The van der Waals surface area contributed by atoms with Crippen LogP contribution in [0.2, 0.25) is 0 Å². The van der Waals surface area contributed by atoms with Crippen molar-refractivity contribution in [2.45, 2.75) is 19.9 Å². The first-order valence-electron chi connectivity index (χ1n) is 10.5. The van der Waals surface area contributed by atoms with Crippen molar-refractivity contribution >= 4 is 5.65 Å². The molecular formula is C24H21F2N7. The molecule has 33 heavy (non-hydrogen) atoms. The average Bonchev–Trinajstić information content (AvgIpc) is 3.45. The van der Waals surface area contributed by atoms with Gasteiger partial charge in [-0.2, -0.15) is 5.10 Å². The largest absolute Gasteiger partial charge is 0.339 e. The Balaban J connectivity index is 1.40. The molecule has 0 amide bonds. The Hall–Kier alpha value is -3.98. The van der Waals surface area contributed by atoms with Crippen LogP contribution in [0.1, 0.15) is 17.1 Å². The van der Waals surface area contributed by atoms with E-state index in [-0.39, 0.29) is 12.0 Å². The third-order valence-electron chi connectivity index (χ3n) is 5.35. The van der Waals surface area contributed by atoms with E-state index in [1.54, 1.807) is 4.52 Å². The van der Waals surface area contributed by atoms with Crippen LogP contribution in [-0.4, -0.2) is 36.1 Å². The summed E-state index contributed by atoms with van der Waals surface area (Å²) in [5, 5.41) is 7.42. The first kappa shape index (κ1) is 20.9. The lowest BCUT2D eigenvalue weighted by atomic mass is 10.1. The molecule has 0 fully saturated rings. The summed E-state index contributed by atoms with van der Waals surface area (Å²) in [5.41, 5.74) is 4.88. The molecule has 0 saturated heterocycles. The summed E-state index contributed by atoms with van der Waals surface area (Å²) in [6, 6.07) is 13.5. The number of hydrogen-bond donors (Lipinski definition) is 2. The van der Waals surface area contributed by atoms with Gasteiger partial charge in [-0.25, -0.2) is 23.3 Å². The van der Waals surface area contributed by atoms with E-state index >= 15 is 0 Å². The van der Waals surface area contributed by atoms with Crippen molar-refractivity contribution in [1.82, 2.24) is 34.9 Å². The number of benzene rings is 1. The van der Waals surface area contributed by atoms with E-state index in [1.165, 1.54) is 24.5 Å². The SMILES string of the molecule is Cc1cccc(-c2[nH]c(CNCCc3c(F)cccc3F)nc2-c2ccc3ncnn3c2)n1. The lowest BCUT2D eigenvalue weighted by Gasteiger charge is -2.05. The van der Waals surface area contributed by atoms with Gasteiger partial charge in [-0.15, -0.1) is 0 Å². The van der Waals surface area contributed by atoms with E-state index < -0.39 is 11.6 Å². The van der Waals surface area contributed by atoms with Crippen molar-refractivity contribution < 1.29 is 8.78 Å². The van der Waals surface area contributed by atoms with E-state index in [0.29, 0.717) is 18.9 Å². The average molecular weight is 445 g/mol. The zero-order valence-electron chi connectivity index (χ0n) is 17.9. The maximum atomic E-state index is 13.8. The molecule has 2 N–H and O–H groups in total. The van der Waals surface area contributed by atoms with Crippen LogP contribution in [0.4, 0.5) is 8.78 Å². The van der Waals surface area contributed by atoms with Gasteiger partial charge in [0, 0.05) is 23.0 Å². The highest BCUT2D eigenvalue weighted by Crippen LogP contribution is 2.29. The van der Waals surface area contributed by atoms with Crippen LogP contribution in [0.3, 0.4) is 0 Å². The Labute approximate surface area is 188 Å². The van der Waals surface area contributed by atoms with Crippen molar-refractivity contribution in [2.24, 2.45) is 0 Å². The first-order chi connectivity index (χ1) is 16.1. The number of nitrogens with zero attached hydrogens (tertiary/aromatic N) is 5. The molecule has 0 spiro atoms. The quantitative estimate of drug-likeness (QED) is 0.369. The van der Waals surface area contributed by atoms with Crippen molar-refractivity contribution in [2.75, 3.05) is 6.54 Å². The summed E-state index contributed by atoms with van der Waals surface area (Å²) in [4.78, 5) is 17.0. The number of aromatic nitrogens is 6. The van der Waals surface area contributed by atoms with Crippen LogP contribution in [0, 0.1) is 18.6 Å². The summed E-state index contributed by atoms with van der Waals surface area (Å²) in [7, 11) is 0. The molecule has 166 valence electrons. The van der Waals surface area contributed by atoms with Crippen molar-refractivity contribution in [1.29, 1.82) is 0 Å². The third kappa shape index (κ3) is 4.35. The summed E-state index contributed by atoms with van der Waals surface area (Å²) in [6.45, 7) is 2.74. The fraction of sp³-hybridized carbons (Fsp3) is 0.167. The highest BCUT2D eigenvalue weighted by molar-refractivity contribution is 5.77. The number of aryl methyl sites for hydroxylation is 1. The number of fused-ring (bicyclic) bond motifs is 1. The van der Waals surface area contributed by atoms with Crippen LogP contribution in [0.15, 0.2) is 61.1 Å². The van der Waals surface area contributed by atoms with Crippen LogP contribution in [0.5, 0.6) is 0 Å². The summed E-state index contributed by atoms with van der Waals surface area (Å²) < 4.78 is 29.4. The molecule has 0 unspecified atom stereocenters. The van der Waals surface area contributed by atoms with Crippen molar-refractivity contribution in [3.8, 4) is 22.6 Å². The zero-order valence-corrected chi connectivity index (χ0v) is 17.9. The van der Waals surface area contributed by atoms with Crippen LogP contribution >= 0.6 is 0 Å². The Kier molecular flexibility index (Phi) is 5.62.